The van der Waals surface area contributed by atoms with Crippen molar-refractivity contribution in [2.24, 2.45) is 10.7 Å². The predicted molar refractivity (Wildman–Crippen MR) is 77.5 cm³/mol. The number of rotatable bonds is 3. The summed E-state index contributed by atoms with van der Waals surface area (Å²) >= 11 is 3.41. The maximum absolute atomic E-state index is 5.96. The molecule has 3 nitrogen and oxygen atoms in total. The third-order valence-corrected chi connectivity index (χ3v) is 2.87. The Balaban J connectivity index is 2.35. The molecule has 0 aliphatic carbocycles. The zero-order valence-electron chi connectivity index (χ0n) is 9.93. The highest BCUT2D eigenvalue weighted by Crippen LogP contribution is 2.26. The molecule has 0 amide bonds. The summed E-state index contributed by atoms with van der Waals surface area (Å²) in [5.74, 6) is 1.22. The molecule has 0 radical (unpaired) electrons. The van der Waals surface area contributed by atoms with E-state index in [2.05, 4.69) is 20.9 Å². The molecule has 2 N–H and O–H groups in total. The Morgan fingerprint density at radius 1 is 1.17 bits per heavy atom. The van der Waals surface area contributed by atoms with Crippen molar-refractivity contribution in [3.63, 3.8) is 0 Å². The minimum Gasteiger partial charge on any atom is -0.497 e. The molecular formula is C14H13BrN2O. The van der Waals surface area contributed by atoms with Crippen LogP contribution in [0.5, 0.6) is 5.75 Å². The van der Waals surface area contributed by atoms with Gasteiger partial charge in [0.2, 0.25) is 0 Å². The highest BCUT2D eigenvalue weighted by Gasteiger charge is 2.01. The summed E-state index contributed by atoms with van der Waals surface area (Å²) < 4.78 is 6.09. The van der Waals surface area contributed by atoms with Gasteiger partial charge in [0.05, 0.1) is 12.8 Å². The van der Waals surface area contributed by atoms with Crippen LogP contribution in [0, 0.1) is 0 Å². The molecule has 0 aliphatic rings. The average molecular weight is 305 g/mol. The minimum absolute atomic E-state index is 0.482. The van der Waals surface area contributed by atoms with Crippen molar-refractivity contribution in [3.8, 4) is 5.75 Å². The van der Waals surface area contributed by atoms with Gasteiger partial charge in [-0.1, -0.05) is 46.3 Å². The third kappa shape index (κ3) is 3.11. The third-order valence-electron chi connectivity index (χ3n) is 2.41. The van der Waals surface area contributed by atoms with E-state index in [-0.39, 0.29) is 0 Å². The Morgan fingerprint density at radius 2 is 1.89 bits per heavy atom. The standard InChI is InChI=1S/C14H13BrN2O/c1-18-13-8-11(15)7-12(9-13)17-14(16)10-5-3-2-4-6-10/h2-9H,1H3,(H2,16,17). The van der Waals surface area contributed by atoms with Crippen molar-refractivity contribution in [1.82, 2.24) is 0 Å². The molecule has 92 valence electrons. The monoisotopic (exact) mass is 304 g/mol. The van der Waals surface area contributed by atoms with E-state index < -0.39 is 0 Å². The normalized spacial score (nSPS) is 11.3. The molecule has 2 aromatic carbocycles. The van der Waals surface area contributed by atoms with E-state index in [1.807, 2.05) is 48.5 Å². The van der Waals surface area contributed by atoms with E-state index in [1.54, 1.807) is 7.11 Å². The summed E-state index contributed by atoms with van der Waals surface area (Å²) in [6, 6.07) is 15.2. The van der Waals surface area contributed by atoms with Gasteiger partial charge in [-0.3, -0.25) is 0 Å². The second-order valence-electron chi connectivity index (χ2n) is 3.71. The zero-order valence-corrected chi connectivity index (χ0v) is 11.5. The van der Waals surface area contributed by atoms with Crippen molar-refractivity contribution < 1.29 is 4.74 Å². The van der Waals surface area contributed by atoms with Crippen LogP contribution in [0.15, 0.2) is 58.0 Å². The van der Waals surface area contributed by atoms with Crippen LogP contribution in [0.1, 0.15) is 5.56 Å². The van der Waals surface area contributed by atoms with Crippen LogP contribution in [0.25, 0.3) is 0 Å². The summed E-state index contributed by atoms with van der Waals surface area (Å²) in [6.07, 6.45) is 0. The number of benzene rings is 2. The second-order valence-corrected chi connectivity index (χ2v) is 4.63. The number of amidine groups is 1. The van der Waals surface area contributed by atoms with Gasteiger partial charge >= 0.3 is 0 Å². The van der Waals surface area contributed by atoms with Gasteiger partial charge in [0.1, 0.15) is 11.6 Å². The molecule has 0 heterocycles. The number of nitrogens with zero attached hydrogens (tertiary/aromatic N) is 1. The van der Waals surface area contributed by atoms with Gasteiger partial charge in [0, 0.05) is 16.1 Å². The molecule has 0 aliphatic heterocycles. The van der Waals surface area contributed by atoms with Crippen LogP contribution in [0.4, 0.5) is 5.69 Å². The van der Waals surface area contributed by atoms with Gasteiger partial charge in [-0.05, 0) is 12.1 Å². The van der Waals surface area contributed by atoms with Gasteiger partial charge in [-0.15, -0.1) is 0 Å². The number of halogens is 1. The summed E-state index contributed by atoms with van der Waals surface area (Å²) in [4.78, 5) is 4.38. The largest absolute Gasteiger partial charge is 0.497 e. The molecule has 0 unspecified atom stereocenters. The SMILES string of the molecule is COc1cc(Br)cc(N=C(N)c2ccccc2)c1. The molecule has 0 spiro atoms. The first-order chi connectivity index (χ1) is 8.69. The van der Waals surface area contributed by atoms with E-state index in [4.69, 9.17) is 10.5 Å². The van der Waals surface area contributed by atoms with Crippen molar-refractivity contribution in [2.75, 3.05) is 7.11 Å². The van der Waals surface area contributed by atoms with E-state index in [1.165, 1.54) is 0 Å². The molecule has 0 saturated carbocycles. The molecular weight excluding hydrogens is 292 g/mol. The Bertz CT molecular complexity index is 567. The van der Waals surface area contributed by atoms with Crippen LogP contribution in [0.2, 0.25) is 0 Å². The maximum atomic E-state index is 5.96. The van der Waals surface area contributed by atoms with Crippen LogP contribution < -0.4 is 10.5 Å². The van der Waals surface area contributed by atoms with Crippen LogP contribution in [-0.4, -0.2) is 12.9 Å². The summed E-state index contributed by atoms with van der Waals surface area (Å²) in [5.41, 5.74) is 7.61. The first-order valence-corrected chi connectivity index (χ1v) is 6.22. The number of hydrogen-bond donors (Lipinski definition) is 1. The van der Waals surface area contributed by atoms with Gasteiger partial charge in [-0.25, -0.2) is 4.99 Å². The average Bonchev–Trinajstić information content (AvgIpc) is 2.39. The smallest absolute Gasteiger partial charge is 0.131 e. The molecule has 0 aromatic heterocycles. The lowest BCUT2D eigenvalue weighted by Gasteiger charge is -2.04. The molecule has 0 atom stereocenters. The Kier molecular flexibility index (Phi) is 3.99. The molecule has 18 heavy (non-hydrogen) atoms. The molecule has 0 bridgehead atoms. The highest BCUT2D eigenvalue weighted by molar-refractivity contribution is 9.10. The lowest BCUT2D eigenvalue weighted by molar-refractivity contribution is 0.414. The summed E-state index contributed by atoms with van der Waals surface area (Å²) in [5, 5.41) is 0. The fourth-order valence-electron chi connectivity index (χ4n) is 1.54. The number of methoxy groups -OCH3 is 1. The number of ether oxygens (including phenoxy) is 1. The van der Waals surface area contributed by atoms with Crippen molar-refractivity contribution >= 4 is 27.5 Å². The van der Waals surface area contributed by atoms with Crippen LogP contribution >= 0.6 is 15.9 Å². The molecule has 0 saturated heterocycles. The number of aliphatic imine (C=N–C) groups is 1. The van der Waals surface area contributed by atoms with Crippen molar-refractivity contribution in [1.29, 1.82) is 0 Å². The zero-order chi connectivity index (χ0) is 13.0. The highest BCUT2D eigenvalue weighted by atomic mass is 79.9. The predicted octanol–water partition coefficient (Wildman–Crippen LogP) is 3.49. The van der Waals surface area contributed by atoms with Crippen LogP contribution in [-0.2, 0) is 0 Å². The van der Waals surface area contributed by atoms with Gasteiger partial charge in [-0.2, -0.15) is 0 Å². The first-order valence-electron chi connectivity index (χ1n) is 5.43. The fraction of sp³-hybridized carbons (Fsp3) is 0.0714. The van der Waals surface area contributed by atoms with Crippen molar-refractivity contribution in [2.45, 2.75) is 0 Å². The fourth-order valence-corrected chi connectivity index (χ4v) is 2.00. The molecule has 2 aromatic rings. The molecule has 4 heteroatoms. The number of nitrogens with two attached hydrogens (primary N) is 1. The Hall–Kier alpha value is -1.81. The Labute approximate surface area is 114 Å². The van der Waals surface area contributed by atoms with E-state index in [0.717, 1.165) is 21.5 Å². The van der Waals surface area contributed by atoms with Gasteiger partial charge < -0.3 is 10.5 Å². The maximum Gasteiger partial charge on any atom is 0.131 e. The molecule has 0 fully saturated rings. The van der Waals surface area contributed by atoms with E-state index in [0.29, 0.717) is 5.84 Å². The number of hydrogen-bond acceptors (Lipinski definition) is 2. The minimum atomic E-state index is 0.482. The Morgan fingerprint density at radius 3 is 2.56 bits per heavy atom. The van der Waals surface area contributed by atoms with E-state index >= 15 is 0 Å². The topological polar surface area (TPSA) is 47.6 Å². The summed E-state index contributed by atoms with van der Waals surface area (Å²) in [6.45, 7) is 0. The quantitative estimate of drug-likeness (QED) is 0.697. The van der Waals surface area contributed by atoms with Gasteiger partial charge in [0.15, 0.2) is 0 Å². The lowest BCUT2D eigenvalue weighted by Crippen LogP contribution is -2.12. The van der Waals surface area contributed by atoms with Gasteiger partial charge in [0.25, 0.3) is 0 Å². The van der Waals surface area contributed by atoms with Crippen LogP contribution in [0.3, 0.4) is 0 Å². The van der Waals surface area contributed by atoms with E-state index in [9.17, 15) is 0 Å². The molecule has 2 rings (SSSR count). The van der Waals surface area contributed by atoms with Crippen molar-refractivity contribution in [3.05, 3.63) is 58.6 Å². The lowest BCUT2D eigenvalue weighted by atomic mass is 10.2. The second kappa shape index (κ2) is 5.69. The first kappa shape index (κ1) is 12.6. The summed E-state index contributed by atoms with van der Waals surface area (Å²) in [7, 11) is 1.62.